The van der Waals surface area contributed by atoms with E-state index in [9.17, 15) is 9.59 Å². The van der Waals surface area contributed by atoms with Gasteiger partial charge in [0, 0.05) is 12.8 Å². The molecule has 0 saturated heterocycles. The van der Waals surface area contributed by atoms with Gasteiger partial charge in [-0.25, -0.2) is 0 Å². The van der Waals surface area contributed by atoms with E-state index in [4.69, 9.17) is 11.6 Å². The highest BCUT2D eigenvalue weighted by Crippen LogP contribution is 2.52. The second-order valence-corrected chi connectivity index (χ2v) is 8.72. The van der Waals surface area contributed by atoms with Crippen molar-refractivity contribution in [3.8, 4) is 0 Å². The third-order valence-corrected chi connectivity index (χ3v) is 6.79. The van der Waals surface area contributed by atoms with Crippen LogP contribution in [0.4, 0.5) is 0 Å². The van der Waals surface area contributed by atoms with E-state index in [0.717, 1.165) is 12.8 Å². The third-order valence-electron chi connectivity index (χ3n) is 5.98. The summed E-state index contributed by atoms with van der Waals surface area (Å²) in [6, 6.07) is 2.23. The van der Waals surface area contributed by atoms with E-state index < -0.39 is 0 Å². The Kier molecular flexibility index (Phi) is 4.70. The second kappa shape index (κ2) is 6.39. The Morgan fingerprint density at radius 3 is 2.60 bits per heavy atom. The van der Waals surface area contributed by atoms with Crippen LogP contribution < -0.4 is 0 Å². The number of ketones is 2. The van der Waals surface area contributed by atoms with Crippen LogP contribution in [0, 0.1) is 19.3 Å². The predicted octanol–water partition coefficient (Wildman–Crippen LogP) is 5.52. The summed E-state index contributed by atoms with van der Waals surface area (Å²) in [7, 11) is 0. The second-order valence-electron chi connectivity index (χ2n) is 8.28. The zero-order valence-electron chi connectivity index (χ0n) is 15.8. The summed E-state index contributed by atoms with van der Waals surface area (Å²) in [6.45, 7) is 10.5. The molecule has 2 atom stereocenters. The van der Waals surface area contributed by atoms with Gasteiger partial charge in [-0.15, -0.1) is 11.6 Å². The number of carbonyl (C=O) groups is 2. The minimum Gasteiger partial charge on any atom is -0.294 e. The van der Waals surface area contributed by atoms with E-state index in [-0.39, 0.29) is 28.3 Å². The highest BCUT2D eigenvalue weighted by atomic mass is 35.5. The Morgan fingerprint density at radius 1 is 1.32 bits per heavy atom. The van der Waals surface area contributed by atoms with E-state index in [1.807, 2.05) is 6.08 Å². The van der Waals surface area contributed by atoms with Crippen LogP contribution >= 0.6 is 11.6 Å². The molecule has 0 aliphatic heterocycles. The molecule has 0 radical (unpaired) electrons. The van der Waals surface area contributed by atoms with Gasteiger partial charge in [-0.2, -0.15) is 0 Å². The quantitative estimate of drug-likeness (QED) is 0.526. The molecular formula is C22H27ClO2. The first-order chi connectivity index (χ1) is 11.7. The number of benzene rings is 1. The zero-order valence-corrected chi connectivity index (χ0v) is 16.6. The van der Waals surface area contributed by atoms with Gasteiger partial charge >= 0.3 is 0 Å². The normalized spacial score (nSPS) is 24.9. The van der Waals surface area contributed by atoms with Gasteiger partial charge in [0.15, 0.2) is 11.6 Å². The third kappa shape index (κ3) is 2.99. The molecule has 0 fully saturated rings. The Hall–Kier alpha value is -1.41. The van der Waals surface area contributed by atoms with Crippen LogP contribution in [0.5, 0.6) is 0 Å². The lowest BCUT2D eigenvalue weighted by atomic mass is 9.79. The molecule has 2 aliphatic carbocycles. The van der Waals surface area contributed by atoms with Crippen LogP contribution in [-0.4, -0.2) is 11.6 Å². The van der Waals surface area contributed by atoms with Crippen molar-refractivity contribution >= 4 is 23.2 Å². The number of halogens is 1. The van der Waals surface area contributed by atoms with Gasteiger partial charge in [0.2, 0.25) is 0 Å². The standard InChI is InChI=1S/C22H27ClO2/c1-6-18(24)15-8-7-14(10-19(15)25)16-9-12(2)20-17(13(16)3)11-22(4,5)21(20)23/h8-9,14,21H,6-7,10-11H2,1-5H3. The smallest absolute Gasteiger partial charge is 0.166 e. The molecule has 0 amide bonds. The average molecular weight is 359 g/mol. The molecule has 2 aliphatic rings. The fraction of sp³-hybridized carbons (Fsp3) is 0.545. The molecule has 0 heterocycles. The number of rotatable bonds is 3. The molecule has 134 valence electrons. The summed E-state index contributed by atoms with van der Waals surface area (Å²) < 4.78 is 0. The molecule has 0 spiro atoms. The Balaban J connectivity index is 1.99. The first-order valence-corrected chi connectivity index (χ1v) is 9.64. The van der Waals surface area contributed by atoms with Gasteiger partial charge in [0.05, 0.1) is 11.0 Å². The van der Waals surface area contributed by atoms with Crippen molar-refractivity contribution in [2.24, 2.45) is 5.41 Å². The highest BCUT2D eigenvalue weighted by Gasteiger charge is 2.40. The summed E-state index contributed by atoms with van der Waals surface area (Å²) >= 11 is 6.74. The van der Waals surface area contributed by atoms with Crippen LogP contribution in [0.25, 0.3) is 0 Å². The van der Waals surface area contributed by atoms with Crippen molar-refractivity contribution in [2.75, 3.05) is 0 Å². The number of allylic oxidation sites excluding steroid dienone is 2. The van der Waals surface area contributed by atoms with Crippen LogP contribution in [0.3, 0.4) is 0 Å². The molecule has 1 aromatic rings. The summed E-state index contributed by atoms with van der Waals surface area (Å²) in [4.78, 5) is 24.4. The van der Waals surface area contributed by atoms with Gasteiger partial charge < -0.3 is 0 Å². The molecule has 0 aromatic heterocycles. The molecule has 3 rings (SSSR count). The van der Waals surface area contributed by atoms with E-state index in [0.29, 0.717) is 18.4 Å². The van der Waals surface area contributed by atoms with Gasteiger partial charge in [-0.1, -0.05) is 32.9 Å². The van der Waals surface area contributed by atoms with Crippen molar-refractivity contribution in [3.05, 3.63) is 45.5 Å². The number of fused-ring (bicyclic) bond motifs is 1. The van der Waals surface area contributed by atoms with E-state index in [1.165, 1.54) is 27.8 Å². The number of hydrogen-bond donors (Lipinski definition) is 0. The number of aryl methyl sites for hydroxylation is 1. The van der Waals surface area contributed by atoms with Crippen molar-refractivity contribution in [1.82, 2.24) is 0 Å². The maximum atomic E-state index is 12.5. The Bertz CT molecular complexity index is 786. The van der Waals surface area contributed by atoms with E-state index in [2.05, 4.69) is 33.8 Å². The first kappa shape index (κ1) is 18.4. The fourth-order valence-corrected chi connectivity index (χ4v) is 4.84. The topological polar surface area (TPSA) is 34.1 Å². The summed E-state index contributed by atoms with van der Waals surface area (Å²) in [5.41, 5.74) is 6.89. The number of hydrogen-bond acceptors (Lipinski definition) is 2. The molecule has 1 aromatic carbocycles. The predicted molar refractivity (Wildman–Crippen MR) is 102 cm³/mol. The zero-order chi connectivity index (χ0) is 18.5. The molecule has 25 heavy (non-hydrogen) atoms. The number of carbonyl (C=O) groups excluding carboxylic acids is 2. The van der Waals surface area contributed by atoms with Crippen LogP contribution in [0.1, 0.15) is 79.1 Å². The van der Waals surface area contributed by atoms with Gasteiger partial charge in [-0.05, 0) is 65.8 Å². The molecule has 0 saturated carbocycles. The van der Waals surface area contributed by atoms with E-state index in [1.54, 1.807) is 6.92 Å². The minimum atomic E-state index is -0.0305. The molecular weight excluding hydrogens is 332 g/mol. The lowest BCUT2D eigenvalue weighted by Crippen LogP contribution is -2.20. The van der Waals surface area contributed by atoms with E-state index >= 15 is 0 Å². The van der Waals surface area contributed by atoms with Crippen molar-refractivity contribution < 1.29 is 9.59 Å². The Labute approximate surface area is 155 Å². The van der Waals surface area contributed by atoms with Gasteiger partial charge in [-0.3, -0.25) is 9.59 Å². The van der Waals surface area contributed by atoms with Crippen molar-refractivity contribution in [2.45, 2.75) is 71.6 Å². The van der Waals surface area contributed by atoms with Crippen molar-refractivity contribution in [3.63, 3.8) is 0 Å². The SMILES string of the molecule is CCC(=O)C1=CCC(c2cc(C)c3c(c2C)CC(C)(C)C3Cl)CC1=O. The van der Waals surface area contributed by atoms with Crippen molar-refractivity contribution in [1.29, 1.82) is 0 Å². The lowest BCUT2D eigenvalue weighted by molar-refractivity contribution is -0.121. The average Bonchev–Trinajstić information content (AvgIpc) is 2.81. The lowest BCUT2D eigenvalue weighted by Gasteiger charge is -2.25. The fourth-order valence-electron chi connectivity index (χ4n) is 4.46. The molecule has 2 nitrogen and oxygen atoms in total. The number of alkyl halides is 1. The van der Waals surface area contributed by atoms with Gasteiger partial charge in [0.1, 0.15) is 0 Å². The molecule has 2 unspecified atom stereocenters. The molecule has 0 N–H and O–H groups in total. The molecule has 0 bridgehead atoms. The summed E-state index contributed by atoms with van der Waals surface area (Å²) in [5.74, 6) is 0.135. The molecule has 3 heteroatoms. The first-order valence-electron chi connectivity index (χ1n) is 9.20. The van der Waals surface area contributed by atoms with Gasteiger partial charge in [0.25, 0.3) is 0 Å². The summed E-state index contributed by atoms with van der Waals surface area (Å²) in [6.07, 6.45) is 4.43. The monoisotopic (exact) mass is 358 g/mol. The maximum Gasteiger partial charge on any atom is 0.166 e. The maximum absolute atomic E-state index is 12.5. The highest BCUT2D eigenvalue weighted by molar-refractivity contribution is 6.22. The van der Waals surface area contributed by atoms with Crippen LogP contribution in [0.2, 0.25) is 0 Å². The summed E-state index contributed by atoms with van der Waals surface area (Å²) in [5, 5.41) is 0.0388. The minimum absolute atomic E-state index is 0.00352. The Morgan fingerprint density at radius 2 is 2.00 bits per heavy atom. The van der Waals surface area contributed by atoms with Crippen LogP contribution in [-0.2, 0) is 16.0 Å². The number of Topliss-reactive ketones (excluding diaryl/α,β-unsaturated/α-hetero) is 2. The largest absolute Gasteiger partial charge is 0.294 e. The van der Waals surface area contributed by atoms with Crippen LogP contribution in [0.15, 0.2) is 17.7 Å².